The maximum atomic E-state index is 5.54. The van der Waals surface area contributed by atoms with Gasteiger partial charge in [-0.3, -0.25) is 0 Å². The van der Waals surface area contributed by atoms with Gasteiger partial charge in [0.05, 0.1) is 0 Å². The van der Waals surface area contributed by atoms with E-state index in [1.807, 2.05) is 6.20 Å². The largest absolute Gasteiger partial charge is 0.335 e. The summed E-state index contributed by atoms with van der Waals surface area (Å²) in [7, 11) is 2.09. The van der Waals surface area contributed by atoms with Crippen LogP contribution >= 0.6 is 0 Å². The molecule has 1 rings (SSSR count). The minimum atomic E-state index is 0.589. The van der Waals surface area contributed by atoms with Gasteiger partial charge in [-0.05, 0) is 19.4 Å². The fraction of sp³-hybridized carbons (Fsp3) is 0.727. The van der Waals surface area contributed by atoms with E-state index < -0.39 is 0 Å². The first-order valence-corrected chi connectivity index (χ1v) is 5.45. The Morgan fingerprint density at radius 1 is 1.43 bits per heavy atom. The molecular formula is C11H21N3. The van der Waals surface area contributed by atoms with Gasteiger partial charge in [-0.1, -0.05) is 13.8 Å². The van der Waals surface area contributed by atoms with Gasteiger partial charge in [0.1, 0.15) is 5.82 Å². The van der Waals surface area contributed by atoms with E-state index >= 15 is 0 Å². The minimum absolute atomic E-state index is 0.589. The fourth-order valence-corrected chi connectivity index (χ4v) is 1.87. The van der Waals surface area contributed by atoms with Gasteiger partial charge in [0, 0.05) is 31.3 Å². The molecule has 1 heterocycles. The molecule has 0 bridgehead atoms. The molecule has 1 aromatic heterocycles. The molecule has 14 heavy (non-hydrogen) atoms. The zero-order valence-corrected chi connectivity index (χ0v) is 9.45. The highest BCUT2D eigenvalue weighted by Crippen LogP contribution is 2.21. The summed E-state index contributed by atoms with van der Waals surface area (Å²) in [5.74, 6) is 1.80. The Balaban J connectivity index is 2.87. The van der Waals surface area contributed by atoms with Crippen LogP contribution in [0.4, 0.5) is 0 Å². The van der Waals surface area contributed by atoms with E-state index in [1.165, 1.54) is 11.5 Å². The molecular weight excluding hydrogens is 174 g/mol. The van der Waals surface area contributed by atoms with Crippen molar-refractivity contribution in [2.75, 3.05) is 6.54 Å². The molecule has 0 aliphatic rings. The van der Waals surface area contributed by atoms with Crippen LogP contribution in [0.15, 0.2) is 6.20 Å². The second-order valence-corrected chi connectivity index (χ2v) is 3.72. The Morgan fingerprint density at radius 3 is 2.57 bits per heavy atom. The van der Waals surface area contributed by atoms with Crippen LogP contribution in [0.3, 0.4) is 0 Å². The van der Waals surface area contributed by atoms with Crippen LogP contribution in [-0.2, 0) is 13.5 Å². The van der Waals surface area contributed by atoms with Crippen molar-refractivity contribution in [3.63, 3.8) is 0 Å². The Hall–Kier alpha value is -0.830. The summed E-state index contributed by atoms with van der Waals surface area (Å²) in [6, 6.07) is 0. The first-order chi connectivity index (χ1) is 6.74. The number of hydrogen-bond donors (Lipinski definition) is 1. The maximum absolute atomic E-state index is 5.54. The molecule has 0 atom stereocenters. The van der Waals surface area contributed by atoms with Gasteiger partial charge < -0.3 is 10.3 Å². The van der Waals surface area contributed by atoms with E-state index in [2.05, 4.69) is 30.4 Å². The van der Waals surface area contributed by atoms with Gasteiger partial charge in [0.2, 0.25) is 0 Å². The highest BCUT2D eigenvalue weighted by molar-refractivity contribution is 5.09. The molecule has 0 radical (unpaired) electrons. The molecule has 80 valence electrons. The summed E-state index contributed by atoms with van der Waals surface area (Å²) in [6.07, 6.45) is 5.19. The Kier molecular flexibility index (Phi) is 4.14. The zero-order chi connectivity index (χ0) is 10.6. The lowest BCUT2D eigenvalue weighted by molar-refractivity contribution is 0.572. The zero-order valence-electron chi connectivity index (χ0n) is 9.45. The molecule has 0 fully saturated rings. The number of aromatic nitrogens is 2. The SMILES string of the molecule is CCC(CC)c1ncc(CCN)n1C. The standard InChI is InChI=1S/C11H21N3/c1-4-9(5-2)11-13-8-10(6-7-12)14(11)3/h8-9H,4-7,12H2,1-3H3. The van der Waals surface area contributed by atoms with Gasteiger partial charge in [0.15, 0.2) is 0 Å². The molecule has 0 unspecified atom stereocenters. The molecule has 2 N–H and O–H groups in total. The van der Waals surface area contributed by atoms with Gasteiger partial charge in [-0.25, -0.2) is 4.98 Å². The summed E-state index contributed by atoms with van der Waals surface area (Å²) in [4.78, 5) is 4.48. The van der Waals surface area contributed by atoms with Crippen LogP contribution < -0.4 is 5.73 Å². The van der Waals surface area contributed by atoms with Crippen LogP contribution in [0.1, 0.15) is 44.1 Å². The summed E-state index contributed by atoms with van der Waals surface area (Å²) >= 11 is 0. The molecule has 0 saturated carbocycles. The predicted octanol–water partition coefficient (Wildman–Crippen LogP) is 1.82. The maximum Gasteiger partial charge on any atom is 0.111 e. The van der Waals surface area contributed by atoms with E-state index in [4.69, 9.17) is 5.73 Å². The lowest BCUT2D eigenvalue weighted by Gasteiger charge is -2.13. The predicted molar refractivity (Wildman–Crippen MR) is 59.3 cm³/mol. The topological polar surface area (TPSA) is 43.8 Å². The van der Waals surface area contributed by atoms with Gasteiger partial charge >= 0.3 is 0 Å². The monoisotopic (exact) mass is 195 g/mol. The molecule has 0 spiro atoms. The quantitative estimate of drug-likeness (QED) is 0.779. The second kappa shape index (κ2) is 5.15. The lowest BCUT2D eigenvalue weighted by Crippen LogP contribution is -2.10. The van der Waals surface area contributed by atoms with Crippen LogP contribution in [0, 0.1) is 0 Å². The third-order valence-electron chi connectivity index (χ3n) is 2.87. The third-order valence-corrected chi connectivity index (χ3v) is 2.87. The van der Waals surface area contributed by atoms with Crippen molar-refractivity contribution in [2.24, 2.45) is 12.8 Å². The Morgan fingerprint density at radius 2 is 2.07 bits per heavy atom. The number of rotatable bonds is 5. The van der Waals surface area contributed by atoms with Crippen LogP contribution in [-0.4, -0.2) is 16.1 Å². The lowest BCUT2D eigenvalue weighted by atomic mass is 10.0. The van der Waals surface area contributed by atoms with Crippen molar-refractivity contribution >= 4 is 0 Å². The molecule has 0 aliphatic heterocycles. The van der Waals surface area contributed by atoms with Crippen molar-refractivity contribution < 1.29 is 0 Å². The van der Waals surface area contributed by atoms with Crippen molar-refractivity contribution in [1.29, 1.82) is 0 Å². The Bertz CT molecular complexity index is 274. The van der Waals surface area contributed by atoms with Crippen molar-refractivity contribution in [1.82, 2.24) is 9.55 Å². The number of imidazole rings is 1. The normalized spacial score (nSPS) is 11.2. The number of nitrogens with zero attached hydrogens (tertiary/aromatic N) is 2. The molecule has 0 aliphatic carbocycles. The van der Waals surface area contributed by atoms with Crippen LogP contribution in [0.2, 0.25) is 0 Å². The van der Waals surface area contributed by atoms with Gasteiger partial charge in [-0.2, -0.15) is 0 Å². The van der Waals surface area contributed by atoms with Crippen molar-refractivity contribution in [3.8, 4) is 0 Å². The molecule has 0 amide bonds. The van der Waals surface area contributed by atoms with Gasteiger partial charge in [-0.15, -0.1) is 0 Å². The average Bonchev–Trinajstić information content (AvgIpc) is 2.53. The first kappa shape index (κ1) is 11.2. The average molecular weight is 195 g/mol. The summed E-state index contributed by atoms with van der Waals surface area (Å²) in [6.45, 7) is 5.12. The molecule has 1 aromatic rings. The molecule has 3 heteroatoms. The van der Waals surface area contributed by atoms with E-state index in [0.717, 1.165) is 19.3 Å². The van der Waals surface area contributed by atoms with E-state index in [1.54, 1.807) is 0 Å². The molecule has 0 saturated heterocycles. The van der Waals surface area contributed by atoms with Crippen LogP contribution in [0.5, 0.6) is 0 Å². The molecule has 3 nitrogen and oxygen atoms in total. The van der Waals surface area contributed by atoms with E-state index in [0.29, 0.717) is 12.5 Å². The summed E-state index contributed by atoms with van der Waals surface area (Å²) in [5, 5.41) is 0. The smallest absolute Gasteiger partial charge is 0.111 e. The Labute approximate surface area is 86.3 Å². The minimum Gasteiger partial charge on any atom is -0.335 e. The van der Waals surface area contributed by atoms with Gasteiger partial charge in [0.25, 0.3) is 0 Å². The van der Waals surface area contributed by atoms with Crippen molar-refractivity contribution in [2.45, 2.75) is 39.0 Å². The molecule has 0 aromatic carbocycles. The van der Waals surface area contributed by atoms with E-state index in [9.17, 15) is 0 Å². The summed E-state index contributed by atoms with van der Waals surface area (Å²) in [5.41, 5.74) is 6.78. The van der Waals surface area contributed by atoms with Crippen molar-refractivity contribution in [3.05, 3.63) is 17.7 Å². The fourth-order valence-electron chi connectivity index (χ4n) is 1.87. The third kappa shape index (κ3) is 2.15. The first-order valence-electron chi connectivity index (χ1n) is 5.45. The highest BCUT2D eigenvalue weighted by atomic mass is 15.1. The number of nitrogens with two attached hydrogens (primary N) is 1. The number of hydrogen-bond acceptors (Lipinski definition) is 2. The van der Waals surface area contributed by atoms with E-state index in [-0.39, 0.29) is 0 Å². The second-order valence-electron chi connectivity index (χ2n) is 3.72. The highest BCUT2D eigenvalue weighted by Gasteiger charge is 2.13. The summed E-state index contributed by atoms with van der Waals surface area (Å²) < 4.78 is 2.20. The van der Waals surface area contributed by atoms with Crippen LogP contribution in [0.25, 0.3) is 0 Å².